The molecule has 1 fully saturated rings. The molecule has 13 heteroatoms. The number of rotatable bonds is 11. The molecule has 2 N–H and O–H groups in total. The lowest BCUT2D eigenvalue weighted by Gasteiger charge is -2.41. The van der Waals surface area contributed by atoms with Crippen LogP contribution in [0.5, 0.6) is 11.5 Å². The molecule has 3 heterocycles. The van der Waals surface area contributed by atoms with Gasteiger partial charge in [0.25, 0.3) is 11.5 Å². The van der Waals surface area contributed by atoms with E-state index in [1.54, 1.807) is 48.2 Å². The number of fused-ring (bicyclic) bond motifs is 1. The third-order valence-corrected chi connectivity index (χ3v) is 9.19. The molecule has 0 aliphatic carbocycles. The lowest BCUT2D eigenvalue weighted by atomic mass is 9.97. The highest BCUT2D eigenvalue weighted by molar-refractivity contribution is 6.35. The van der Waals surface area contributed by atoms with E-state index in [2.05, 4.69) is 43.5 Å². The van der Waals surface area contributed by atoms with Gasteiger partial charge in [-0.05, 0) is 63.2 Å². The van der Waals surface area contributed by atoms with E-state index in [0.717, 1.165) is 31.7 Å². The van der Waals surface area contributed by atoms with Crippen LogP contribution < -0.4 is 25.7 Å². The van der Waals surface area contributed by atoms with Crippen LogP contribution in [0.15, 0.2) is 65.1 Å². The van der Waals surface area contributed by atoms with Crippen LogP contribution in [0, 0.1) is 11.3 Å². The van der Waals surface area contributed by atoms with E-state index in [-0.39, 0.29) is 22.7 Å². The molecule has 2 aromatic carbocycles. The van der Waals surface area contributed by atoms with Crippen LogP contribution in [0.4, 0.5) is 11.6 Å². The molecule has 0 unspecified atom stereocenters. The lowest BCUT2D eigenvalue weighted by Crippen LogP contribution is -2.53. The topological polar surface area (TPSA) is 138 Å². The van der Waals surface area contributed by atoms with Crippen molar-refractivity contribution in [3.8, 4) is 28.7 Å². The zero-order valence-electron chi connectivity index (χ0n) is 28.6. The molecule has 4 aromatic rings. The normalized spacial score (nSPS) is 14.4. The number of halogens is 1. The zero-order valence-corrected chi connectivity index (χ0v) is 29.4. The average Bonchev–Trinajstić information content (AvgIpc) is 3.10. The minimum absolute atomic E-state index is 0.0528. The molecule has 1 amide bonds. The Morgan fingerprint density at radius 1 is 1.10 bits per heavy atom. The van der Waals surface area contributed by atoms with Gasteiger partial charge in [-0.3, -0.25) is 19.1 Å². The van der Waals surface area contributed by atoms with Crippen molar-refractivity contribution in [3.05, 3.63) is 81.3 Å². The number of nitriles is 1. The molecular formula is C36H41ClN8O4. The van der Waals surface area contributed by atoms with Crippen LogP contribution in [0.3, 0.4) is 0 Å². The summed E-state index contributed by atoms with van der Waals surface area (Å²) in [6.07, 6.45) is 3.83. The van der Waals surface area contributed by atoms with Gasteiger partial charge >= 0.3 is 0 Å². The van der Waals surface area contributed by atoms with E-state index in [9.17, 15) is 14.9 Å². The number of aryl methyl sites for hydroxylation is 2. The van der Waals surface area contributed by atoms with Gasteiger partial charge in [0, 0.05) is 79.8 Å². The first-order chi connectivity index (χ1) is 23.5. The van der Waals surface area contributed by atoms with Crippen LogP contribution in [0.25, 0.3) is 22.2 Å². The Morgan fingerprint density at radius 3 is 2.53 bits per heavy atom. The number of likely N-dealkylation sites (N-methyl/N-ethyl adjacent to an activating group) is 1. The molecule has 49 heavy (non-hydrogen) atoms. The highest BCUT2D eigenvalue weighted by atomic mass is 35.5. The summed E-state index contributed by atoms with van der Waals surface area (Å²) < 4.78 is 12.5. The minimum atomic E-state index is -0.473. The number of benzene rings is 2. The van der Waals surface area contributed by atoms with Crippen molar-refractivity contribution in [2.24, 2.45) is 0 Å². The molecule has 0 spiro atoms. The minimum Gasteiger partial charge on any atom is -0.497 e. The van der Waals surface area contributed by atoms with Crippen molar-refractivity contribution in [1.29, 1.82) is 5.26 Å². The predicted molar refractivity (Wildman–Crippen MR) is 193 cm³/mol. The summed E-state index contributed by atoms with van der Waals surface area (Å²) in [7, 11) is 6.83. The van der Waals surface area contributed by atoms with Crippen molar-refractivity contribution < 1.29 is 14.3 Å². The van der Waals surface area contributed by atoms with Crippen LogP contribution in [-0.4, -0.2) is 90.3 Å². The highest BCUT2D eigenvalue weighted by Crippen LogP contribution is 2.38. The van der Waals surface area contributed by atoms with E-state index < -0.39 is 11.4 Å². The van der Waals surface area contributed by atoms with E-state index in [0.29, 0.717) is 51.7 Å². The molecule has 0 saturated carbocycles. The summed E-state index contributed by atoms with van der Waals surface area (Å²) in [5, 5.41) is 16.6. The van der Waals surface area contributed by atoms with Crippen molar-refractivity contribution in [2.45, 2.75) is 32.4 Å². The second-order valence-corrected chi connectivity index (χ2v) is 12.8. The van der Waals surface area contributed by atoms with Crippen molar-refractivity contribution in [2.75, 3.05) is 65.1 Å². The van der Waals surface area contributed by atoms with Crippen LogP contribution >= 0.6 is 11.6 Å². The van der Waals surface area contributed by atoms with E-state index in [1.807, 2.05) is 32.0 Å². The molecule has 5 rings (SSSR count). The number of methoxy groups -OCH3 is 2. The number of carbonyl (C=O) groups is 1. The van der Waals surface area contributed by atoms with Crippen molar-refractivity contribution in [3.63, 3.8) is 0 Å². The Hall–Kier alpha value is -4.96. The lowest BCUT2D eigenvalue weighted by molar-refractivity contribution is -0.112. The fraction of sp³-hybridized carbons (Fsp3) is 0.361. The van der Waals surface area contributed by atoms with Crippen LogP contribution in [-0.2, 0) is 17.8 Å². The van der Waals surface area contributed by atoms with E-state index in [4.69, 9.17) is 21.1 Å². The largest absolute Gasteiger partial charge is 0.497 e. The number of hydrogen-bond acceptors (Lipinski definition) is 10. The van der Waals surface area contributed by atoms with Gasteiger partial charge in [-0.2, -0.15) is 10.2 Å². The summed E-state index contributed by atoms with van der Waals surface area (Å²) in [5.74, 6) is 0.759. The van der Waals surface area contributed by atoms with Gasteiger partial charge < -0.3 is 25.0 Å². The Kier molecular flexibility index (Phi) is 10.9. The van der Waals surface area contributed by atoms with E-state index in [1.165, 1.54) is 14.2 Å². The van der Waals surface area contributed by atoms with Gasteiger partial charge in [-0.1, -0.05) is 23.7 Å². The second kappa shape index (κ2) is 15.1. The number of ether oxygens (including phenoxy) is 2. The molecule has 1 aliphatic heterocycles. The Labute approximate surface area is 290 Å². The molecule has 0 radical (unpaired) electrons. The smallest absolute Gasteiger partial charge is 0.266 e. The fourth-order valence-corrected chi connectivity index (χ4v) is 6.22. The van der Waals surface area contributed by atoms with Crippen molar-refractivity contribution >= 4 is 40.2 Å². The fourth-order valence-electron chi connectivity index (χ4n) is 5.93. The van der Waals surface area contributed by atoms with Gasteiger partial charge in [-0.25, -0.2) is 4.98 Å². The van der Waals surface area contributed by atoms with Gasteiger partial charge in [0.1, 0.15) is 28.8 Å². The van der Waals surface area contributed by atoms with Gasteiger partial charge in [0.2, 0.25) is 5.95 Å². The van der Waals surface area contributed by atoms with Gasteiger partial charge in [-0.15, -0.1) is 0 Å². The maximum absolute atomic E-state index is 14.2. The van der Waals surface area contributed by atoms with Gasteiger partial charge in [0.15, 0.2) is 0 Å². The first kappa shape index (κ1) is 35.3. The number of pyridine rings is 1. The Balaban J connectivity index is 1.43. The first-order valence-electron chi connectivity index (χ1n) is 15.9. The number of piperazine rings is 1. The molecule has 2 aromatic heterocycles. The monoisotopic (exact) mass is 684 g/mol. The number of hydrogen-bond donors (Lipinski definition) is 2. The molecule has 1 saturated heterocycles. The average molecular weight is 685 g/mol. The standard InChI is InChI=1S/C36H41ClN8O4/c1-36(2,44-14-12-43(4)13-15-44)20-25(21-38)33(46)41-26-9-7-8-23(16-26)10-11-45-32-24(22-40-35(39-3)42-32)17-29(34(45)47)28-18-27(48-5)19-30(49-6)31(28)37/h7-9,16-20,22H,10-15H2,1-6H3,(H,41,46)(H,39,40,42)/b25-20+. The molecule has 0 atom stereocenters. The van der Waals surface area contributed by atoms with Crippen LogP contribution in [0.1, 0.15) is 19.4 Å². The van der Waals surface area contributed by atoms with Gasteiger partial charge in [0.05, 0.1) is 19.2 Å². The SMILES string of the molecule is CNc1ncc2cc(-c3cc(OC)cc(OC)c3Cl)c(=O)n(CCc3cccc(NC(=O)/C(C#N)=C/C(C)(C)N4CCN(C)CC4)c3)c2n1. The second-order valence-electron chi connectivity index (χ2n) is 12.4. The molecule has 12 nitrogen and oxygen atoms in total. The van der Waals surface area contributed by atoms with E-state index >= 15 is 0 Å². The number of anilines is 2. The Morgan fingerprint density at radius 2 is 1.86 bits per heavy atom. The maximum Gasteiger partial charge on any atom is 0.266 e. The summed E-state index contributed by atoms with van der Waals surface area (Å²) in [6.45, 7) is 7.87. The number of nitrogens with one attached hydrogen (secondary N) is 2. The zero-order chi connectivity index (χ0) is 35.3. The molecule has 1 aliphatic rings. The number of aromatic nitrogens is 3. The number of carbonyl (C=O) groups excluding carboxylic acids is 1. The summed E-state index contributed by atoms with van der Waals surface area (Å²) in [5.41, 5.74) is 1.95. The maximum atomic E-state index is 14.2. The van der Waals surface area contributed by atoms with Crippen LogP contribution in [0.2, 0.25) is 5.02 Å². The summed E-state index contributed by atoms with van der Waals surface area (Å²) in [4.78, 5) is 40.9. The molecular weight excluding hydrogens is 644 g/mol. The van der Waals surface area contributed by atoms with Crippen molar-refractivity contribution in [1.82, 2.24) is 24.3 Å². The Bertz CT molecular complexity index is 1990. The third-order valence-electron chi connectivity index (χ3n) is 8.80. The number of nitrogens with zero attached hydrogens (tertiary/aromatic N) is 6. The quantitative estimate of drug-likeness (QED) is 0.167. The molecule has 256 valence electrons. The third kappa shape index (κ3) is 7.86. The first-order valence-corrected chi connectivity index (χ1v) is 16.3. The summed E-state index contributed by atoms with van der Waals surface area (Å²) >= 11 is 6.71. The highest BCUT2D eigenvalue weighted by Gasteiger charge is 2.29. The predicted octanol–water partition coefficient (Wildman–Crippen LogP) is 4.83. The summed E-state index contributed by atoms with van der Waals surface area (Å²) in [6, 6.07) is 14.5. The molecule has 0 bridgehead atoms. The number of amides is 1.